The predicted octanol–water partition coefficient (Wildman–Crippen LogP) is 1.53. The Morgan fingerprint density at radius 1 is 1.00 bits per heavy atom. The van der Waals surface area contributed by atoms with E-state index < -0.39 is 6.10 Å². The lowest BCUT2D eigenvalue weighted by Crippen LogP contribution is -2.41. The van der Waals surface area contributed by atoms with Crippen LogP contribution in [-0.4, -0.2) is 65.1 Å². The number of hydrogen-bond acceptors (Lipinski definition) is 5. The summed E-state index contributed by atoms with van der Waals surface area (Å²) < 4.78 is 0. The SMILES string of the molecule is CCc1ccc(N)c(C(=O)N(C)CC(O)CN(C)C(=O)c2cccc(CO)c2)c1. The lowest BCUT2D eigenvalue weighted by atomic mass is 10.1. The van der Waals surface area contributed by atoms with Crippen molar-refractivity contribution in [3.05, 3.63) is 64.7 Å². The number of likely N-dealkylation sites (N-methyl/N-ethyl adjacent to an activating group) is 2. The molecule has 7 heteroatoms. The van der Waals surface area contributed by atoms with Crippen molar-refractivity contribution < 1.29 is 19.8 Å². The summed E-state index contributed by atoms with van der Waals surface area (Å²) in [5, 5.41) is 19.6. The monoisotopic (exact) mass is 399 g/mol. The topological polar surface area (TPSA) is 107 Å². The maximum atomic E-state index is 12.7. The van der Waals surface area contributed by atoms with Gasteiger partial charge in [0.15, 0.2) is 0 Å². The van der Waals surface area contributed by atoms with Gasteiger partial charge in [0.25, 0.3) is 11.8 Å². The first-order chi connectivity index (χ1) is 13.8. The summed E-state index contributed by atoms with van der Waals surface area (Å²) >= 11 is 0. The lowest BCUT2D eigenvalue weighted by molar-refractivity contribution is 0.0548. The molecule has 156 valence electrons. The van der Waals surface area contributed by atoms with Gasteiger partial charge in [0, 0.05) is 38.4 Å². The fourth-order valence-corrected chi connectivity index (χ4v) is 3.09. The molecule has 1 unspecified atom stereocenters. The standard InChI is InChI=1S/C22H29N3O4/c1-4-15-8-9-20(23)19(11-15)22(29)25(3)13-18(27)12-24(2)21(28)17-7-5-6-16(10-17)14-26/h5-11,18,26-27H,4,12-14,23H2,1-3H3. The van der Waals surface area contributed by atoms with Crippen LogP contribution in [0.1, 0.15) is 38.8 Å². The van der Waals surface area contributed by atoms with Gasteiger partial charge in [0.1, 0.15) is 0 Å². The zero-order valence-corrected chi connectivity index (χ0v) is 17.1. The number of aryl methyl sites for hydroxylation is 1. The normalized spacial score (nSPS) is 11.8. The van der Waals surface area contributed by atoms with E-state index in [2.05, 4.69) is 0 Å². The summed E-state index contributed by atoms with van der Waals surface area (Å²) in [5.74, 6) is -0.547. The van der Waals surface area contributed by atoms with Crippen LogP contribution in [0.25, 0.3) is 0 Å². The third-order valence-electron chi connectivity index (χ3n) is 4.78. The molecule has 0 spiro atoms. The highest BCUT2D eigenvalue weighted by Gasteiger charge is 2.21. The molecule has 1 atom stereocenters. The zero-order valence-electron chi connectivity index (χ0n) is 17.1. The summed E-state index contributed by atoms with van der Waals surface area (Å²) in [4.78, 5) is 28.0. The first kappa shape index (κ1) is 22.4. The Kier molecular flexibility index (Phi) is 7.75. The zero-order chi connectivity index (χ0) is 21.6. The van der Waals surface area contributed by atoms with E-state index in [1.807, 2.05) is 13.0 Å². The van der Waals surface area contributed by atoms with E-state index in [9.17, 15) is 19.8 Å². The van der Waals surface area contributed by atoms with Gasteiger partial charge in [-0.3, -0.25) is 9.59 Å². The molecule has 0 aliphatic heterocycles. The minimum absolute atomic E-state index is 0.0585. The smallest absolute Gasteiger partial charge is 0.255 e. The molecule has 2 amide bonds. The van der Waals surface area contributed by atoms with Gasteiger partial charge in [-0.1, -0.05) is 25.1 Å². The molecule has 2 aromatic carbocycles. The number of aliphatic hydroxyl groups is 2. The molecule has 0 bridgehead atoms. The molecule has 0 aliphatic carbocycles. The van der Waals surface area contributed by atoms with Gasteiger partial charge < -0.3 is 25.7 Å². The summed E-state index contributed by atoms with van der Waals surface area (Å²) in [6.07, 6.45) is -0.133. The first-order valence-electron chi connectivity index (χ1n) is 9.54. The predicted molar refractivity (Wildman–Crippen MR) is 113 cm³/mol. The molecular weight excluding hydrogens is 370 g/mol. The summed E-state index contributed by atoms with van der Waals surface area (Å²) in [7, 11) is 3.18. The number of carbonyl (C=O) groups excluding carboxylic acids is 2. The Morgan fingerprint density at radius 3 is 2.28 bits per heavy atom. The van der Waals surface area contributed by atoms with E-state index in [0.29, 0.717) is 22.4 Å². The van der Waals surface area contributed by atoms with Gasteiger partial charge in [-0.25, -0.2) is 0 Å². The lowest BCUT2D eigenvalue weighted by Gasteiger charge is -2.25. The van der Waals surface area contributed by atoms with Crippen LogP contribution >= 0.6 is 0 Å². The number of nitrogens with two attached hydrogens (primary N) is 1. The molecule has 0 saturated carbocycles. The average molecular weight is 399 g/mol. The van der Waals surface area contributed by atoms with E-state index in [1.54, 1.807) is 50.5 Å². The number of carbonyl (C=O) groups is 2. The van der Waals surface area contributed by atoms with Crippen molar-refractivity contribution in [2.75, 3.05) is 32.9 Å². The Morgan fingerprint density at radius 2 is 1.66 bits per heavy atom. The number of hydrogen-bond donors (Lipinski definition) is 3. The van der Waals surface area contributed by atoms with Crippen LogP contribution < -0.4 is 5.73 Å². The number of rotatable bonds is 8. The minimum atomic E-state index is -0.922. The van der Waals surface area contributed by atoms with E-state index in [4.69, 9.17) is 5.73 Å². The number of nitrogen functional groups attached to an aromatic ring is 1. The van der Waals surface area contributed by atoms with Crippen LogP contribution in [0.15, 0.2) is 42.5 Å². The molecule has 0 aliphatic rings. The number of benzene rings is 2. The molecule has 0 radical (unpaired) electrons. The molecule has 0 fully saturated rings. The minimum Gasteiger partial charge on any atom is -0.398 e. The second-order valence-electron chi connectivity index (χ2n) is 7.16. The molecule has 29 heavy (non-hydrogen) atoms. The van der Waals surface area contributed by atoms with Crippen molar-refractivity contribution in [1.29, 1.82) is 0 Å². The van der Waals surface area contributed by atoms with Crippen LogP contribution in [-0.2, 0) is 13.0 Å². The average Bonchev–Trinajstić information content (AvgIpc) is 2.72. The number of nitrogens with zero attached hydrogens (tertiary/aromatic N) is 2. The van der Waals surface area contributed by atoms with Gasteiger partial charge in [-0.2, -0.15) is 0 Å². The van der Waals surface area contributed by atoms with Gasteiger partial charge in [-0.05, 0) is 41.8 Å². The van der Waals surface area contributed by atoms with E-state index in [-0.39, 0.29) is 31.5 Å². The third kappa shape index (κ3) is 5.79. The molecule has 0 heterocycles. The molecule has 2 rings (SSSR count). The highest BCUT2D eigenvalue weighted by atomic mass is 16.3. The molecular formula is C22H29N3O4. The molecule has 0 saturated heterocycles. The van der Waals surface area contributed by atoms with Gasteiger partial charge in [-0.15, -0.1) is 0 Å². The fraction of sp³-hybridized carbons (Fsp3) is 0.364. The van der Waals surface area contributed by atoms with Crippen LogP contribution in [0.4, 0.5) is 5.69 Å². The molecule has 2 aromatic rings. The third-order valence-corrected chi connectivity index (χ3v) is 4.78. The molecule has 0 aromatic heterocycles. The Balaban J connectivity index is 1.99. The summed E-state index contributed by atoms with van der Waals surface area (Å²) in [5.41, 5.74) is 8.82. The Bertz CT molecular complexity index is 869. The van der Waals surface area contributed by atoms with Crippen molar-refractivity contribution >= 4 is 17.5 Å². The summed E-state index contributed by atoms with van der Waals surface area (Å²) in [6.45, 7) is 1.96. The second kappa shape index (κ2) is 10.0. The second-order valence-corrected chi connectivity index (χ2v) is 7.16. The van der Waals surface area contributed by atoms with Crippen molar-refractivity contribution in [2.45, 2.75) is 26.1 Å². The molecule has 7 nitrogen and oxygen atoms in total. The van der Waals surface area contributed by atoms with Crippen LogP contribution in [0.5, 0.6) is 0 Å². The van der Waals surface area contributed by atoms with E-state index in [0.717, 1.165) is 12.0 Å². The maximum Gasteiger partial charge on any atom is 0.255 e. The van der Waals surface area contributed by atoms with Crippen LogP contribution in [0.3, 0.4) is 0 Å². The molecule has 4 N–H and O–H groups in total. The van der Waals surface area contributed by atoms with Crippen molar-refractivity contribution in [3.63, 3.8) is 0 Å². The van der Waals surface area contributed by atoms with Gasteiger partial charge in [0.05, 0.1) is 18.3 Å². The maximum absolute atomic E-state index is 12.7. The van der Waals surface area contributed by atoms with Crippen molar-refractivity contribution in [2.24, 2.45) is 0 Å². The van der Waals surface area contributed by atoms with Crippen LogP contribution in [0.2, 0.25) is 0 Å². The van der Waals surface area contributed by atoms with E-state index in [1.165, 1.54) is 9.80 Å². The number of anilines is 1. The van der Waals surface area contributed by atoms with E-state index >= 15 is 0 Å². The Labute approximate surface area is 171 Å². The highest BCUT2D eigenvalue weighted by molar-refractivity contribution is 5.99. The first-order valence-corrected chi connectivity index (χ1v) is 9.54. The fourth-order valence-electron chi connectivity index (χ4n) is 3.09. The quantitative estimate of drug-likeness (QED) is 0.584. The number of amides is 2. The Hall–Kier alpha value is -2.90. The van der Waals surface area contributed by atoms with Gasteiger partial charge in [0.2, 0.25) is 0 Å². The highest BCUT2D eigenvalue weighted by Crippen LogP contribution is 2.17. The largest absolute Gasteiger partial charge is 0.398 e. The van der Waals surface area contributed by atoms with Gasteiger partial charge >= 0.3 is 0 Å². The van der Waals surface area contributed by atoms with Crippen molar-refractivity contribution in [3.8, 4) is 0 Å². The number of aliphatic hydroxyl groups excluding tert-OH is 2. The van der Waals surface area contributed by atoms with Crippen molar-refractivity contribution in [1.82, 2.24) is 9.80 Å². The summed E-state index contributed by atoms with van der Waals surface area (Å²) in [6, 6.07) is 12.1. The van der Waals surface area contributed by atoms with Crippen LogP contribution in [0, 0.1) is 0 Å².